The fourth-order valence-electron chi connectivity index (χ4n) is 5.62. The highest BCUT2D eigenvalue weighted by atomic mass is 15.1. The molecule has 41 heavy (non-hydrogen) atoms. The van der Waals surface area contributed by atoms with Gasteiger partial charge in [0.1, 0.15) is 0 Å². The van der Waals surface area contributed by atoms with E-state index in [1.54, 1.807) is 0 Å². The first-order valence-corrected chi connectivity index (χ1v) is 14.0. The molecule has 0 aliphatic rings. The zero-order valence-corrected chi connectivity index (χ0v) is 23.0. The van der Waals surface area contributed by atoms with Gasteiger partial charge in [-0.1, -0.05) is 109 Å². The standard InChI is InChI=1S/C39H30N2/c1-40(37-27-22-29-10-5-6-12-33(29)28-37)34-23-18-30(19-24-34)31-20-25-36(26-21-31)41(35-14-3-2-4-15-35)39-17-9-13-32-11-7-8-16-38(32)39/h2-28H,1H3. The summed E-state index contributed by atoms with van der Waals surface area (Å²) in [6.07, 6.45) is 0. The monoisotopic (exact) mass is 526 g/mol. The minimum absolute atomic E-state index is 1.13. The van der Waals surface area contributed by atoms with Crippen molar-refractivity contribution >= 4 is 50.0 Å². The summed E-state index contributed by atoms with van der Waals surface area (Å²) in [6, 6.07) is 58.5. The molecule has 0 radical (unpaired) electrons. The minimum Gasteiger partial charge on any atom is -0.345 e. The van der Waals surface area contributed by atoms with E-state index >= 15 is 0 Å². The van der Waals surface area contributed by atoms with E-state index in [0.717, 1.165) is 17.1 Å². The minimum atomic E-state index is 1.13. The fraction of sp³-hybridized carbons (Fsp3) is 0.0256. The molecule has 0 bridgehead atoms. The van der Waals surface area contributed by atoms with Crippen molar-refractivity contribution in [3.63, 3.8) is 0 Å². The second-order valence-electron chi connectivity index (χ2n) is 10.4. The molecule has 0 aliphatic carbocycles. The van der Waals surface area contributed by atoms with Crippen LogP contribution in [0.2, 0.25) is 0 Å². The summed E-state index contributed by atoms with van der Waals surface area (Å²) < 4.78 is 0. The molecular weight excluding hydrogens is 496 g/mol. The van der Waals surface area contributed by atoms with Crippen LogP contribution in [0, 0.1) is 0 Å². The average molecular weight is 527 g/mol. The number of nitrogens with zero attached hydrogens (tertiary/aromatic N) is 2. The number of anilines is 5. The van der Waals surface area contributed by atoms with Crippen LogP contribution in [0.1, 0.15) is 0 Å². The van der Waals surface area contributed by atoms with Gasteiger partial charge in [-0.05, 0) is 81.9 Å². The van der Waals surface area contributed by atoms with Gasteiger partial charge in [0.05, 0.1) is 5.69 Å². The highest BCUT2D eigenvalue weighted by Crippen LogP contribution is 2.39. The highest BCUT2D eigenvalue weighted by molar-refractivity contribution is 5.99. The van der Waals surface area contributed by atoms with Crippen molar-refractivity contribution < 1.29 is 0 Å². The first-order valence-electron chi connectivity index (χ1n) is 14.0. The fourth-order valence-corrected chi connectivity index (χ4v) is 5.62. The number of rotatable bonds is 6. The van der Waals surface area contributed by atoms with Crippen molar-refractivity contribution in [2.24, 2.45) is 0 Å². The third-order valence-electron chi connectivity index (χ3n) is 7.86. The predicted molar refractivity (Wildman–Crippen MR) is 176 cm³/mol. The molecule has 0 heterocycles. The molecule has 7 aromatic rings. The number of para-hydroxylation sites is 1. The van der Waals surface area contributed by atoms with E-state index < -0.39 is 0 Å². The molecule has 7 aromatic carbocycles. The Morgan fingerprint density at radius 2 is 0.902 bits per heavy atom. The maximum Gasteiger partial charge on any atom is 0.0540 e. The Morgan fingerprint density at radius 1 is 0.366 bits per heavy atom. The molecule has 196 valence electrons. The summed E-state index contributed by atoms with van der Waals surface area (Å²) in [7, 11) is 2.12. The lowest BCUT2D eigenvalue weighted by Crippen LogP contribution is -2.10. The molecule has 0 unspecified atom stereocenters. The van der Waals surface area contributed by atoms with Crippen molar-refractivity contribution in [3.8, 4) is 11.1 Å². The van der Waals surface area contributed by atoms with E-state index in [1.165, 1.54) is 44.0 Å². The Balaban J connectivity index is 1.19. The second kappa shape index (κ2) is 10.7. The zero-order valence-electron chi connectivity index (χ0n) is 23.0. The van der Waals surface area contributed by atoms with Gasteiger partial charge in [0.15, 0.2) is 0 Å². The lowest BCUT2D eigenvalue weighted by molar-refractivity contribution is 1.21. The van der Waals surface area contributed by atoms with Crippen LogP contribution in [-0.2, 0) is 0 Å². The Bertz CT molecular complexity index is 1940. The molecule has 0 aliphatic heterocycles. The molecule has 0 atom stereocenters. The van der Waals surface area contributed by atoms with Gasteiger partial charge in [-0.3, -0.25) is 0 Å². The maximum atomic E-state index is 2.34. The highest BCUT2D eigenvalue weighted by Gasteiger charge is 2.15. The van der Waals surface area contributed by atoms with Gasteiger partial charge >= 0.3 is 0 Å². The number of benzene rings is 7. The van der Waals surface area contributed by atoms with E-state index in [-0.39, 0.29) is 0 Å². The molecule has 0 amide bonds. The van der Waals surface area contributed by atoms with E-state index in [9.17, 15) is 0 Å². The smallest absolute Gasteiger partial charge is 0.0540 e. The van der Waals surface area contributed by atoms with Crippen molar-refractivity contribution in [1.82, 2.24) is 0 Å². The zero-order chi connectivity index (χ0) is 27.6. The molecule has 0 saturated carbocycles. The van der Waals surface area contributed by atoms with Crippen LogP contribution >= 0.6 is 0 Å². The largest absolute Gasteiger partial charge is 0.345 e. The van der Waals surface area contributed by atoms with Crippen LogP contribution in [0.5, 0.6) is 0 Å². The number of fused-ring (bicyclic) bond motifs is 2. The topological polar surface area (TPSA) is 6.48 Å². The summed E-state index contributed by atoms with van der Waals surface area (Å²) >= 11 is 0. The van der Waals surface area contributed by atoms with Crippen molar-refractivity contribution in [3.05, 3.63) is 164 Å². The predicted octanol–water partition coefficient (Wildman–Crippen LogP) is 10.9. The van der Waals surface area contributed by atoms with Crippen LogP contribution in [0.15, 0.2) is 164 Å². The van der Waals surface area contributed by atoms with Crippen LogP contribution in [0.25, 0.3) is 32.7 Å². The maximum absolute atomic E-state index is 2.34. The Labute approximate surface area is 241 Å². The van der Waals surface area contributed by atoms with Gasteiger partial charge in [0.2, 0.25) is 0 Å². The Hall–Kier alpha value is -5.34. The molecule has 0 fully saturated rings. The number of hydrogen-bond acceptors (Lipinski definition) is 2. The van der Waals surface area contributed by atoms with Crippen molar-refractivity contribution in [2.45, 2.75) is 0 Å². The van der Waals surface area contributed by atoms with E-state index in [2.05, 4.69) is 181 Å². The summed E-state index contributed by atoms with van der Waals surface area (Å²) in [4.78, 5) is 4.58. The van der Waals surface area contributed by atoms with E-state index in [1.807, 2.05) is 0 Å². The molecule has 2 heteroatoms. The van der Waals surface area contributed by atoms with Gasteiger partial charge in [0.25, 0.3) is 0 Å². The summed E-state index contributed by atoms with van der Waals surface area (Å²) in [5.41, 5.74) is 8.16. The normalized spacial score (nSPS) is 11.0. The second-order valence-corrected chi connectivity index (χ2v) is 10.4. The van der Waals surface area contributed by atoms with Gasteiger partial charge in [-0.25, -0.2) is 0 Å². The van der Waals surface area contributed by atoms with Gasteiger partial charge in [-0.2, -0.15) is 0 Å². The van der Waals surface area contributed by atoms with Crippen molar-refractivity contribution in [2.75, 3.05) is 16.8 Å². The molecule has 0 N–H and O–H groups in total. The first kappa shape index (κ1) is 24.7. The van der Waals surface area contributed by atoms with Crippen LogP contribution in [0.3, 0.4) is 0 Å². The summed E-state index contributed by atoms with van der Waals surface area (Å²) in [6.45, 7) is 0. The average Bonchev–Trinajstić information content (AvgIpc) is 3.05. The summed E-state index contributed by atoms with van der Waals surface area (Å²) in [5.74, 6) is 0. The lowest BCUT2D eigenvalue weighted by atomic mass is 10.0. The third kappa shape index (κ3) is 4.81. The molecule has 0 spiro atoms. The SMILES string of the molecule is CN(c1ccc(-c2ccc(N(c3ccccc3)c3cccc4ccccc34)cc2)cc1)c1ccc2ccccc2c1. The quantitative estimate of drug-likeness (QED) is 0.213. The lowest BCUT2D eigenvalue weighted by Gasteiger charge is -2.27. The van der Waals surface area contributed by atoms with Gasteiger partial charge in [-0.15, -0.1) is 0 Å². The van der Waals surface area contributed by atoms with Gasteiger partial charge in [0, 0.05) is 35.2 Å². The third-order valence-corrected chi connectivity index (χ3v) is 7.86. The molecule has 0 saturated heterocycles. The van der Waals surface area contributed by atoms with E-state index in [0.29, 0.717) is 0 Å². The van der Waals surface area contributed by atoms with Crippen LogP contribution in [-0.4, -0.2) is 7.05 Å². The van der Waals surface area contributed by atoms with E-state index in [4.69, 9.17) is 0 Å². The van der Waals surface area contributed by atoms with Crippen molar-refractivity contribution in [1.29, 1.82) is 0 Å². The Kier molecular flexibility index (Phi) is 6.42. The molecule has 0 aromatic heterocycles. The molecule has 7 rings (SSSR count). The molecular formula is C39H30N2. The van der Waals surface area contributed by atoms with Crippen LogP contribution in [0.4, 0.5) is 28.4 Å². The first-order chi connectivity index (χ1) is 20.2. The summed E-state index contributed by atoms with van der Waals surface area (Å²) in [5, 5.41) is 4.97. The Morgan fingerprint density at radius 3 is 1.63 bits per heavy atom. The molecule has 2 nitrogen and oxygen atoms in total. The van der Waals surface area contributed by atoms with Crippen LogP contribution < -0.4 is 9.80 Å². The number of hydrogen-bond donors (Lipinski definition) is 0. The van der Waals surface area contributed by atoms with Gasteiger partial charge < -0.3 is 9.80 Å².